The fraction of sp³-hybridized carbons (Fsp3) is 0.118. The van der Waals surface area contributed by atoms with E-state index in [1.807, 2.05) is 0 Å². The maximum atomic E-state index is 12.3. The van der Waals surface area contributed by atoms with Gasteiger partial charge in [0.15, 0.2) is 11.5 Å². The number of rotatable bonds is 5. The predicted molar refractivity (Wildman–Crippen MR) is 98.2 cm³/mol. The Kier molecular flexibility index (Phi) is 5.41. The van der Waals surface area contributed by atoms with Crippen molar-refractivity contribution < 1.29 is 15.0 Å². The molecular weight excluding hydrogens is 379 g/mol. The molecule has 7 nitrogen and oxygen atoms in total. The molecular formula is C17H14Cl2N4O3. The maximum absolute atomic E-state index is 12.3. The first kappa shape index (κ1) is 18.2. The van der Waals surface area contributed by atoms with Crippen LogP contribution < -0.4 is 5.32 Å². The van der Waals surface area contributed by atoms with Crippen LogP contribution in [0.5, 0.6) is 5.88 Å². The smallest absolute Gasteiger partial charge is 0.276 e. The number of hydrogen-bond donors (Lipinski definition) is 3. The Hall–Kier alpha value is -2.61. The van der Waals surface area contributed by atoms with E-state index in [2.05, 4.69) is 15.4 Å². The molecule has 26 heavy (non-hydrogen) atoms. The number of aromatic hydroxyl groups is 1. The fourth-order valence-corrected chi connectivity index (χ4v) is 2.74. The Morgan fingerprint density at radius 3 is 2.58 bits per heavy atom. The number of amides is 1. The largest absolute Gasteiger partial charge is 0.493 e. The minimum Gasteiger partial charge on any atom is -0.493 e. The highest BCUT2D eigenvalue weighted by Crippen LogP contribution is 2.25. The Morgan fingerprint density at radius 2 is 1.92 bits per heavy atom. The third kappa shape index (κ3) is 3.96. The van der Waals surface area contributed by atoms with E-state index in [1.165, 1.54) is 18.3 Å². The van der Waals surface area contributed by atoms with Gasteiger partial charge >= 0.3 is 0 Å². The summed E-state index contributed by atoms with van der Waals surface area (Å²) < 4.78 is 1.05. The van der Waals surface area contributed by atoms with Crippen LogP contribution in [0.2, 0.25) is 10.0 Å². The lowest BCUT2D eigenvalue weighted by Crippen LogP contribution is -2.13. The first-order valence-corrected chi connectivity index (χ1v) is 8.35. The van der Waals surface area contributed by atoms with Gasteiger partial charge in [-0.3, -0.25) is 4.79 Å². The second kappa shape index (κ2) is 7.74. The van der Waals surface area contributed by atoms with Gasteiger partial charge < -0.3 is 15.5 Å². The summed E-state index contributed by atoms with van der Waals surface area (Å²) in [6.07, 6.45) is 1.90. The van der Waals surface area contributed by atoms with Gasteiger partial charge in [0.25, 0.3) is 5.91 Å². The molecule has 2 aromatic heterocycles. The SMILES string of the molecule is O=C(Nc1ccc(CCO)cc1)c1cc(O)n(-c2ncc(Cl)cc2Cl)n1. The first-order chi connectivity index (χ1) is 12.5. The highest BCUT2D eigenvalue weighted by Gasteiger charge is 2.17. The molecule has 0 radical (unpaired) electrons. The summed E-state index contributed by atoms with van der Waals surface area (Å²) in [6, 6.07) is 9.72. The fourth-order valence-electron chi connectivity index (χ4n) is 2.28. The highest BCUT2D eigenvalue weighted by atomic mass is 35.5. The average molecular weight is 393 g/mol. The molecule has 3 aromatic rings. The summed E-state index contributed by atoms with van der Waals surface area (Å²) in [5, 5.41) is 26.2. The lowest BCUT2D eigenvalue weighted by Gasteiger charge is -2.05. The number of carbonyl (C=O) groups is 1. The summed E-state index contributed by atoms with van der Waals surface area (Å²) in [6.45, 7) is 0.0592. The zero-order valence-electron chi connectivity index (χ0n) is 13.4. The molecule has 0 aliphatic carbocycles. The predicted octanol–water partition coefficient (Wildman–Crippen LogP) is 3.07. The molecule has 9 heteroatoms. The molecule has 0 saturated heterocycles. The number of nitrogens with one attached hydrogen (secondary N) is 1. The number of hydrogen-bond acceptors (Lipinski definition) is 5. The molecule has 0 unspecified atom stereocenters. The van der Waals surface area contributed by atoms with E-state index in [0.717, 1.165) is 10.2 Å². The van der Waals surface area contributed by atoms with E-state index < -0.39 is 5.91 Å². The number of aliphatic hydroxyl groups excluding tert-OH is 1. The van der Waals surface area contributed by atoms with E-state index in [1.54, 1.807) is 24.3 Å². The lowest BCUT2D eigenvalue weighted by atomic mass is 10.1. The van der Waals surface area contributed by atoms with Crippen LogP contribution in [0.4, 0.5) is 5.69 Å². The van der Waals surface area contributed by atoms with Crippen molar-refractivity contribution in [1.29, 1.82) is 0 Å². The van der Waals surface area contributed by atoms with Gasteiger partial charge in [0.05, 0.1) is 10.0 Å². The van der Waals surface area contributed by atoms with Crippen molar-refractivity contribution in [1.82, 2.24) is 14.8 Å². The molecule has 2 heterocycles. The van der Waals surface area contributed by atoms with Gasteiger partial charge in [0, 0.05) is 24.6 Å². The quantitative estimate of drug-likeness (QED) is 0.619. The molecule has 1 amide bonds. The summed E-state index contributed by atoms with van der Waals surface area (Å²) in [5.74, 6) is -0.634. The van der Waals surface area contributed by atoms with Crippen molar-refractivity contribution in [2.75, 3.05) is 11.9 Å². The van der Waals surface area contributed by atoms with E-state index in [9.17, 15) is 9.90 Å². The third-order valence-corrected chi connectivity index (χ3v) is 4.01. The Bertz CT molecular complexity index is 942. The van der Waals surface area contributed by atoms with Crippen LogP contribution in [0.3, 0.4) is 0 Å². The zero-order valence-corrected chi connectivity index (χ0v) is 14.9. The number of nitrogens with zero attached hydrogens (tertiary/aromatic N) is 3. The minimum atomic E-state index is -0.501. The van der Waals surface area contributed by atoms with Crippen LogP contribution in [-0.4, -0.2) is 37.5 Å². The minimum absolute atomic E-state index is 0.00486. The maximum Gasteiger partial charge on any atom is 0.276 e. The number of anilines is 1. The van der Waals surface area contributed by atoms with Gasteiger partial charge in [-0.15, -0.1) is 0 Å². The molecule has 0 bridgehead atoms. The number of carbonyl (C=O) groups excluding carboxylic acids is 1. The second-order valence-corrected chi connectivity index (χ2v) is 6.23. The van der Waals surface area contributed by atoms with Crippen molar-refractivity contribution in [3.8, 4) is 11.7 Å². The topological polar surface area (TPSA) is 100 Å². The van der Waals surface area contributed by atoms with Crippen LogP contribution in [0.1, 0.15) is 16.1 Å². The van der Waals surface area contributed by atoms with Gasteiger partial charge in [-0.25, -0.2) is 4.98 Å². The van der Waals surface area contributed by atoms with Crippen LogP contribution in [0.25, 0.3) is 5.82 Å². The third-order valence-electron chi connectivity index (χ3n) is 3.52. The Balaban J connectivity index is 1.80. The standard InChI is InChI=1S/C17H14Cl2N4O3/c18-11-7-13(19)16(20-9-11)23-15(25)8-14(22-23)17(26)21-12-3-1-10(2-4-12)5-6-24/h1-4,7-9,24-25H,5-6H2,(H,21,26). The van der Waals surface area contributed by atoms with Crippen molar-refractivity contribution in [2.45, 2.75) is 6.42 Å². The van der Waals surface area contributed by atoms with Crippen molar-refractivity contribution >= 4 is 34.8 Å². The van der Waals surface area contributed by atoms with E-state index in [0.29, 0.717) is 17.1 Å². The number of aromatic nitrogens is 3. The molecule has 0 aliphatic heterocycles. The number of aliphatic hydroxyl groups is 1. The van der Waals surface area contributed by atoms with Gasteiger partial charge in [-0.1, -0.05) is 35.3 Å². The molecule has 0 atom stereocenters. The van der Waals surface area contributed by atoms with Gasteiger partial charge in [0.1, 0.15) is 0 Å². The lowest BCUT2D eigenvalue weighted by molar-refractivity contribution is 0.102. The second-order valence-electron chi connectivity index (χ2n) is 5.38. The van der Waals surface area contributed by atoms with Crippen LogP contribution in [0, 0.1) is 0 Å². The zero-order chi connectivity index (χ0) is 18.7. The summed E-state index contributed by atoms with van der Waals surface area (Å²) in [7, 11) is 0. The monoisotopic (exact) mass is 392 g/mol. The van der Waals surface area contributed by atoms with Crippen LogP contribution in [0.15, 0.2) is 42.6 Å². The van der Waals surface area contributed by atoms with Gasteiger partial charge in [-0.05, 0) is 30.2 Å². The number of benzene rings is 1. The molecule has 1 aromatic carbocycles. The van der Waals surface area contributed by atoms with Crippen LogP contribution >= 0.6 is 23.2 Å². The molecule has 134 valence electrons. The molecule has 3 N–H and O–H groups in total. The van der Waals surface area contributed by atoms with Gasteiger partial charge in [-0.2, -0.15) is 9.78 Å². The van der Waals surface area contributed by atoms with E-state index in [-0.39, 0.29) is 29.0 Å². The molecule has 0 spiro atoms. The molecule has 0 aliphatic rings. The molecule has 0 saturated carbocycles. The highest BCUT2D eigenvalue weighted by molar-refractivity contribution is 6.35. The van der Waals surface area contributed by atoms with E-state index in [4.69, 9.17) is 28.3 Å². The molecule has 0 fully saturated rings. The van der Waals surface area contributed by atoms with Crippen molar-refractivity contribution in [3.05, 3.63) is 63.9 Å². The average Bonchev–Trinajstić information content (AvgIpc) is 2.99. The first-order valence-electron chi connectivity index (χ1n) is 7.59. The number of pyridine rings is 1. The normalized spacial score (nSPS) is 10.7. The summed E-state index contributed by atoms with van der Waals surface area (Å²) >= 11 is 11.9. The Labute approximate surface area is 158 Å². The van der Waals surface area contributed by atoms with Crippen molar-refractivity contribution in [3.63, 3.8) is 0 Å². The summed E-state index contributed by atoms with van der Waals surface area (Å²) in [5.41, 5.74) is 1.51. The summed E-state index contributed by atoms with van der Waals surface area (Å²) in [4.78, 5) is 16.4. The van der Waals surface area contributed by atoms with Crippen LogP contribution in [-0.2, 0) is 6.42 Å². The van der Waals surface area contributed by atoms with Crippen molar-refractivity contribution in [2.24, 2.45) is 0 Å². The van der Waals surface area contributed by atoms with Gasteiger partial charge in [0.2, 0.25) is 5.88 Å². The van der Waals surface area contributed by atoms with E-state index >= 15 is 0 Å². The Morgan fingerprint density at radius 1 is 1.19 bits per heavy atom. The number of halogens is 2. The molecule has 3 rings (SSSR count).